The first-order valence-corrected chi connectivity index (χ1v) is 4.86. The Morgan fingerprint density at radius 1 is 1.33 bits per heavy atom. The highest BCUT2D eigenvalue weighted by Crippen LogP contribution is 2.23. The summed E-state index contributed by atoms with van der Waals surface area (Å²) in [4.78, 5) is 0. The van der Waals surface area contributed by atoms with Crippen LogP contribution in [0.4, 0.5) is 4.39 Å². The van der Waals surface area contributed by atoms with Gasteiger partial charge in [0.25, 0.3) is 0 Å². The van der Waals surface area contributed by atoms with Crippen LogP contribution >= 0.6 is 11.6 Å². The van der Waals surface area contributed by atoms with Gasteiger partial charge in [0.05, 0.1) is 11.1 Å². The van der Waals surface area contributed by atoms with Gasteiger partial charge in [0, 0.05) is 6.61 Å². The van der Waals surface area contributed by atoms with E-state index >= 15 is 0 Å². The van der Waals surface area contributed by atoms with Gasteiger partial charge in [-0.25, -0.2) is 4.39 Å². The Hall–Kier alpha value is -0.680. The summed E-state index contributed by atoms with van der Waals surface area (Å²) in [6.07, 6.45) is -2.21. The molecule has 2 atom stereocenters. The van der Waals surface area contributed by atoms with Gasteiger partial charge in [-0.3, -0.25) is 0 Å². The minimum Gasteiger partial charge on any atom is -0.396 e. The first-order valence-electron chi connectivity index (χ1n) is 4.48. The Morgan fingerprint density at radius 3 is 2.53 bits per heavy atom. The predicted octanol–water partition coefficient (Wildman–Crippen LogP) is 1.26. The van der Waals surface area contributed by atoms with E-state index in [0.29, 0.717) is 5.56 Å². The molecule has 3 nitrogen and oxygen atoms in total. The van der Waals surface area contributed by atoms with E-state index in [1.165, 1.54) is 12.1 Å². The molecule has 0 saturated heterocycles. The number of aliphatic hydroxyl groups excluding tert-OH is 3. The molecule has 0 radical (unpaired) electrons. The molecule has 3 N–H and O–H groups in total. The normalized spacial score (nSPS) is 15.0. The van der Waals surface area contributed by atoms with E-state index in [1.54, 1.807) is 0 Å². The van der Waals surface area contributed by atoms with Gasteiger partial charge in [-0.1, -0.05) is 17.7 Å². The fourth-order valence-electron chi connectivity index (χ4n) is 1.21. The molecule has 0 spiro atoms. The summed E-state index contributed by atoms with van der Waals surface area (Å²) in [5.74, 6) is -0.579. The molecule has 1 aromatic rings. The summed E-state index contributed by atoms with van der Waals surface area (Å²) >= 11 is 5.52. The second-order valence-corrected chi connectivity index (χ2v) is 3.61. The monoisotopic (exact) mass is 234 g/mol. The first kappa shape index (κ1) is 12.4. The molecule has 0 amide bonds. The minimum absolute atomic E-state index is 0.0517. The Balaban J connectivity index is 2.81. The van der Waals surface area contributed by atoms with Gasteiger partial charge in [-0.15, -0.1) is 0 Å². The molecule has 2 unspecified atom stereocenters. The van der Waals surface area contributed by atoms with Crippen LogP contribution in [0.2, 0.25) is 5.02 Å². The molecule has 1 rings (SSSR count). The fraction of sp³-hybridized carbons (Fsp3) is 0.400. The SMILES string of the molecule is OCCC(O)C(O)c1ccc(F)c(Cl)c1. The van der Waals surface area contributed by atoms with Crippen molar-refractivity contribution in [2.24, 2.45) is 0 Å². The Labute approximate surface area is 91.7 Å². The van der Waals surface area contributed by atoms with Crippen molar-refractivity contribution in [3.8, 4) is 0 Å². The Morgan fingerprint density at radius 2 is 2.00 bits per heavy atom. The summed E-state index contributed by atoms with van der Waals surface area (Å²) in [7, 11) is 0. The quantitative estimate of drug-likeness (QED) is 0.735. The standard InChI is InChI=1S/C10H12ClFO3/c11-7-5-6(1-2-8(7)12)10(15)9(14)3-4-13/h1-2,5,9-10,13-15H,3-4H2. The Bertz CT molecular complexity index is 332. The van der Waals surface area contributed by atoms with E-state index in [9.17, 15) is 14.6 Å². The molecule has 0 aliphatic heterocycles. The number of benzene rings is 1. The van der Waals surface area contributed by atoms with E-state index < -0.39 is 18.0 Å². The van der Waals surface area contributed by atoms with Crippen LogP contribution in [0.1, 0.15) is 18.1 Å². The second-order valence-electron chi connectivity index (χ2n) is 3.20. The van der Waals surface area contributed by atoms with Crippen LogP contribution in [0.5, 0.6) is 0 Å². The number of aliphatic hydroxyl groups is 3. The molecule has 0 aliphatic rings. The molecule has 5 heteroatoms. The lowest BCUT2D eigenvalue weighted by molar-refractivity contribution is 0.00419. The summed E-state index contributed by atoms with van der Waals surface area (Å²) < 4.78 is 12.8. The molecule has 0 bridgehead atoms. The third-order valence-corrected chi connectivity index (χ3v) is 2.36. The molecule has 0 saturated carbocycles. The molecule has 0 fully saturated rings. The zero-order valence-corrected chi connectivity index (χ0v) is 8.65. The van der Waals surface area contributed by atoms with Crippen molar-refractivity contribution >= 4 is 11.6 Å². The molecule has 0 aliphatic carbocycles. The first-order chi connectivity index (χ1) is 7.06. The lowest BCUT2D eigenvalue weighted by Crippen LogP contribution is -2.19. The maximum absolute atomic E-state index is 12.8. The van der Waals surface area contributed by atoms with Gasteiger partial charge >= 0.3 is 0 Å². The maximum Gasteiger partial charge on any atom is 0.141 e. The molecule has 84 valence electrons. The fourth-order valence-corrected chi connectivity index (χ4v) is 1.40. The highest BCUT2D eigenvalue weighted by atomic mass is 35.5. The van der Waals surface area contributed by atoms with Crippen LogP contribution in [0.25, 0.3) is 0 Å². The highest BCUT2D eigenvalue weighted by Gasteiger charge is 2.18. The lowest BCUT2D eigenvalue weighted by atomic mass is 10.0. The average molecular weight is 235 g/mol. The maximum atomic E-state index is 12.8. The number of halogens is 2. The van der Waals surface area contributed by atoms with Gasteiger partial charge < -0.3 is 15.3 Å². The number of hydrogen-bond acceptors (Lipinski definition) is 3. The predicted molar refractivity (Wildman–Crippen MR) is 54.1 cm³/mol. The van der Waals surface area contributed by atoms with Gasteiger partial charge in [-0.2, -0.15) is 0 Å². The zero-order valence-electron chi connectivity index (χ0n) is 7.90. The van der Waals surface area contributed by atoms with Gasteiger partial charge in [0.2, 0.25) is 0 Å². The largest absolute Gasteiger partial charge is 0.396 e. The topological polar surface area (TPSA) is 60.7 Å². The van der Waals surface area contributed by atoms with Gasteiger partial charge in [0.1, 0.15) is 11.9 Å². The number of hydrogen-bond donors (Lipinski definition) is 3. The van der Waals surface area contributed by atoms with Crippen molar-refractivity contribution in [3.05, 3.63) is 34.6 Å². The molecule has 15 heavy (non-hydrogen) atoms. The van der Waals surface area contributed by atoms with E-state index in [2.05, 4.69) is 0 Å². The molecule has 1 aromatic carbocycles. The Kier molecular flexibility index (Phi) is 4.47. The van der Waals surface area contributed by atoms with E-state index in [1.807, 2.05) is 0 Å². The number of rotatable bonds is 4. The lowest BCUT2D eigenvalue weighted by Gasteiger charge is -2.17. The minimum atomic E-state index is -1.17. The van der Waals surface area contributed by atoms with Crippen molar-refractivity contribution in [2.45, 2.75) is 18.6 Å². The average Bonchev–Trinajstić information content (AvgIpc) is 2.21. The van der Waals surface area contributed by atoms with Crippen LogP contribution in [0, 0.1) is 5.82 Å². The van der Waals surface area contributed by atoms with Crippen molar-refractivity contribution < 1.29 is 19.7 Å². The smallest absolute Gasteiger partial charge is 0.141 e. The van der Waals surface area contributed by atoms with Crippen LogP contribution in [-0.2, 0) is 0 Å². The summed E-state index contributed by atoms with van der Waals surface area (Å²) in [5.41, 5.74) is 0.322. The molecule has 0 aromatic heterocycles. The van der Waals surface area contributed by atoms with Crippen LogP contribution in [-0.4, -0.2) is 28.0 Å². The third kappa shape index (κ3) is 3.14. The van der Waals surface area contributed by atoms with Crippen LogP contribution in [0.3, 0.4) is 0 Å². The summed E-state index contributed by atoms with van der Waals surface area (Å²) in [6.45, 7) is -0.229. The van der Waals surface area contributed by atoms with Gasteiger partial charge in [0.15, 0.2) is 0 Å². The zero-order chi connectivity index (χ0) is 11.4. The highest BCUT2D eigenvalue weighted by molar-refractivity contribution is 6.30. The van der Waals surface area contributed by atoms with Gasteiger partial charge in [-0.05, 0) is 24.1 Å². The van der Waals surface area contributed by atoms with Crippen molar-refractivity contribution in [1.82, 2.24) is 0 Å². The van der Waals surface area contributed by atoms with E-state index in [-0.39, 0.29) is 18.1 Å². The van der Waals surface area contributed by atoms with Crippen LogP contribution < -0.4 is 0 Å². The molecular formula is C10H12ClFO3. The van der Waals surface area contributed by atoms with Crippen molar-refractivity contribution in [3.63, 3.8) is 0 Å². The van der Waals surface area contributed by atoms with E-state index in [0.717, 1.165) is 6.07 Å². The van der Waals surface area contributed by atoms with E-state index in [4.69, 9.17) is 16.7 Å². The molecular weight excluding hydrogens is 223 g/mol. The van der Waals surface area contributed by atoms with Crippen molar-refractivity contribution in [1.29, 1.82) is 0 Å². The molecule has 0 heterocycles. The summed E-state index contributed by atoms with van der Waals surface area (Å²) in [6, 6.07) is 3.71. The summed E-state index contributed by atoms with van der Waals surface area (Å²) in [5, 5.41) is 27.4. The van der Waals surface area contributed by atoms with Crippen molar-refractivity contribution in [2.75, 3.05) is 6.61 Å². The second kappa shape index (κ2) is 5.42. The third-order valence-electron chi connectivity index (χ3n) is 2.07. The van der Waals surface area contributed by atoms with Crippen LogP contribution in [0.15, 0.2) is 18.2 Å².